The van der Waals surface area contributed by atoms with Crippen molar-refractivity contribution >= 4 is 11.6 Å². The highest BCUT2D eigenvalue weighted by atomic mass is 16.5. The molecular formula is C23H36N4O4. The third kappa shape index (κ3) is 4.00. The van der Waals surface area contributed by atoms with Gasteiger partial charge in [-0.3, -0.25) is 24.0 Å². The molecule has 0 aromatic carbocycles. The Bertz CT molecular complexity index is 926. The number of hydrogen-bond donors (Lipinski definition) is 2. The monoisotopic (exact) mass is 432 g/mol. The molecule has 4 rings (SSSR count). The maximum atomic E-state index is 13.3. The number of H-pyrrole nitrogens is 1. The average Bonchev–Trinajstić information content (AvgIpc) is 3.56. The van der Waals surface area contributed by atoms with E-state index in [0.717, 1.165) is 45.1 Å². The Balaban J connectivity index is 1.59. The quantitative estimate of drug-likeness (QED) is 0.580. The molecule has 0 bridgehead atoms. The molecule has 3 fully saturated rings. The van der Waals surface area contributed by atoms with Crippen molar-refractivity contribution in [1.29, 1.82) is 0 Å². The fourth-order valence-electron chi connectivity index (χ4n) is 5.97. The van der Waals surface area contributed by atoms with E-state index in [2.05, 4.69) is 16.8 Å². The number of hydrogen-bond acceptors (Lipinski definition) is 6. The zero-order valence-corrected chi connectivity index (χ0v) is 18.8. The minimum Gasteiger partial charge on any atom is -0.384 e. The SMILES string of the molecule is CCCN(CC(=O)c1c(N)n(C2CC2)c(=O)[nH]c1=O)C1CC(OCC)C12CCCCC2. The number of carbonyl (C=O) groups excluding carboxylic acids is 1. The number of aromatic amines is 1. The van der Waals surface area contributed by atoms with Crippen LogP contribution in [0.4, 0.5) is 5.82 Å². The van der Waals surface area contributed by atoms with Crippen LogP contribution in [-0.2, 0) is 4.74 Å². The third-order valence-corrected chi connectivity index (χ3v) is 7.57. The van der Waals surface area contributed by atoms with E-state index < -0.39 is 11.2 Å². The Labute approximate surface area is 183 Å². The maximum Gasteiger partial charge on any atom is 0.330 e. The number of nitrogens with zero attached hydrogens (tertiary/aromatic N) is 2. The molecule has 172 valence electrons. The summed E-state index contributed by atoms with van der Waals surface area (Å²) in [5.74, 6) is -0.279. The van der Waals surface area contributed by atoms with Crippen LogP contribution in [-0.4, -0.2) is 52.1 Å². The molecule has 8 heteroatoms. The zero-order valence-electron chi connectivity index (χ0n) is 18.8. The van der Waals surface area contributed by atoms with E-state index in [-0.39, 0.29) is 47.3 Å². The first-order chi connectivity index (χ1) is 14.9. The molecule has 1 heterocycles. The number of rotatable bonds is 9. The molecule has 3 N–H and O–H groups in total. The molecule has 0 saturated heterocycles. The molecule has 3 aliphatic carbocycles. The second-order valence-corrected chi connectivity index (χ2v) is 9.50. The minimum atomic E-state index is -0.672. The van der Waals surface area contributed by atoms with E-state index in [1.165, 1.54) is 23.8 Å². The van der Waals surface area contributed by atoms with Crippen LogP contribution < -0.4 is 17.0 Å². The van der Waals surface area contributed by atoms with Gasteiger partial charge in [0.2, 0.25) is 0 Å². The van der Waals surface area contributed by atoms with Crippen LogP contribution in [0.25, 0.3) is 0 Å². The van der Waals surface area contributed by atoms with Crippen molar-refractivity contribution in [3.05, 3.63) is 26.4 Å². The lowest BCUT2D eigenvalue weighted by atomic mass is 9.54. The second kappa shape index (κ2) is 8.90. The Morgan fingerprint density at radius 1 is 1.23 bits per heavy atom. The van der Waals surface area contributed by atoms with Crippen molar-refractivity contribution in [2.24, 2.45) is 5.41 Å². The topological polar surface area (TPSA) is 110 Å². The highest BCUT2D eigenvalue weighted by Crippen LogP contribution is 2.55. The number of aromatic nitrogens is 2. The summed E-state index contributed by atoms with van der Waals surface area (Å²) in [6.07, 6.45) is 9.71. The Morgan fingerprint density at radius 3 is 2.55 bits per heavy atom. The lowest BCUT2D eigenvalue weighted by Gasteiger charge is -2.61. The summed E-state index contributed by atoms with van der Waals surface area (Å²) < 4.78 is 7.48. The molecule has 3 saturated carbocycles. The molecular weight excluding hydrogens is 396 g/mol. The lowest BCUT2D eigenvalue weighted by Crippen LogP contribution is -2.66. The van der Waals surface area contributed by atoms with E-state index in [1.54, 1.807) is 0 Å². The van der Waals surface area contributed by atoms with Gasteiger partial charge in [-0.05, 0) is 52.0 Å². The van der Waals surface area contributed by atoms with Crippen molar-refractivity contribution in [2.75, 3.05) is 25.4 Å². The summed E-state index contributed by atoms with van der Waals surface area (Å²) >= 11 is 0. The van der Waals surface area contributed by atoms with Crippen molar-refractivity contribution < 1.29 is 9.53 Å². The van der Waals surface area contributed by atoms with Gasteiger partial charge in [-0.15, -0.1) is 0 Å². The second-order valence-electron chi connectivity index (χ2n) is 9.50. The molecule has 1 aromatic rings. The highest BCUT2D eigenvalue weighted by Gasteiger charge is 2.57. The van der Waals surface area contributed by atoms with Gasteiger partial charge in [0, 0.05) is 24.1 Å². The Morgan fingerprint density at radius 2 is 1.94 bits per heavy atom. The molecule has 0 amide bonds. The predicted molar refractivity (Wildman–Crippen MR) is 120 cm³/mol. The van der Waals surface area contributed by atoms with Gasteiger partial charge in [0.25, 0.3) is 5.56 Å². The van der Waals surface area contributed by atoms with Crippen molar-refractivity contribution in [1.82, 2.24) is 14.5 Å². The number of ketones is 1. The molecule has 0 radical (unpaired) electrons. The van der Waals surface area contributed by atoms with Crippen molar-refractivity contribution in [3.63, 3.8) is 0 Å². The normalized spacial score (nSPS) is 25.0. The van der Waals surface area contributed by atoms with E-state index in [9.17, 15) is 14.4 Å². The number of Topliss-reactive ketones (excluding diaryl/α,β-unsaturated/α-hetero) is 1. The fraction of sp³-hybridized carbons (Fsp3) is 0.783. The van der Waals surface area contributed by atoms with Gasteiger partial charge >= 0.3 is 5.69 Å². The third-order valence-electron chi connectivity index (χ3n) is 7.57. The molecule has 2 unspecified atom stereocenters. The van der Waals surface area contributed by atoms with Crippen molar-refractivity contribution in [2.45, 2.75) is 89.8 Å². The van der Waals surface area contributed by atoms with Crippen LogP contribution in [0, 0.1) is 5.41 Å². The van der Waals surface area contributed by atoms with Gasteiger partial charge in [-0.25, -0.2) is 4.79 Å². The van der Waals surface area contributed by atoms with Crippen LogP contribution >= 0.6 is 0 Å². The van der Waals surface area contributed by atoms with Crippen LogP contribution in [0.15, 0.2) is 9.59 Å². The molecule has 1 aromatic heterocycles. The first-order valence-corrected chi connectivity index (χ1v) is 12.0. The van der Waals surface area contributed by atoms with E-state index in [1.807, 2.05) is 6.92 Å². The molecule has 31 heavy (non-hydrogen) atoms. The van der Waals surface area contributed by atoms with Gasteiger partial charge < -0.3 is 10.5 Å². The summed E-state index contributed by atoms with van der Waals surface area (Å²) in [4.78, 5) is 42.6. The molecule has 0 aliphatic heterocycles. The average molecular weight is 433 g/mol. The number of nitrogens with two attached hydrogens (primary N) is 1. The van der Waals surface area contributed by atoms with Crippen LogP contribution in [0.5, 0.6) is 0 Å². The summed E-state index contributed by atoms with van der Waals surface area (Å²) in [6.45, 7) is 5.80. The summed E-state index contributed by atoms with van der Waals surface area (Å²) in [7, 11) is 0. The molecule has 1 spiro atoms. The summed E-state index contributed by atoms with van der Waals surface area (Å²) in [6, 6.07) is 0.273. The van der Waals surface area contributed by atoms with Gasteiger partial charge in [-0.2, -0.15) is 0 Å². The predicted octanol–water partition coefficient (Wildman–Crippen LogP) is 2.48. The molecule has 2 atom stereocenters. The van der Waals surface area contributed by atoms with Crippen molar-refractivity contribution in [3.8, 4) is 0 Å². The largest absolute Gasteiger partial charge is 0.384 e. The Kier molecular flexibility index (Phi) is 6.40. The fourth-order valence-corrected chi connectivity index (χ4v) is 5.97. The van der Waals surface area contributed by atoms with Gasteiger partial charge in [-0.1, -0.05) is 26.2 Å². The first kappa shape index (κ1) is 22.3. The molecule has 3 aliphatic rings. The maximum absolute atomic E-state index is 13.3. The van der Waals surface area contributed by atoms with E-state index in [4.69, 9.17) is 10.5 Å². The standard InChI is InChI=1S/C23H36N4O4/c1-3-12-26(17-13-18(31-4-2)23(17)10-6-5-7-11-23)14-16(28)19-20(24)27(15-8-9-15)22(30)25-21(19)29/h15,17-18H,3-14,24H2,1-2H3,(H,25,29,30). The van der Waals surface area contributed by atoms with Gasteiger partial charge in [0.05, 0.1) is 12.6 Å². The summed E-state index contributed by atoms with van der Waals surface area (Å²) in [5.41, 5.74) is 5.03. The minimum absolute atomic E-state index is 0.00765. The van der Waals surface area contributed by atoms with Gasteiger partial charge in [0.15, 0.2) is 5.78 Å². The first-order valence-electron chi connectivity index (χ1n) is 12.0. The number of nitrogen functional groups attached to an aromatic ring is 1. The highest BCUT2D eigenvalue weighted by molar-refractivity contribution is 6.01. The van der Waals surface area contributed by atoms with Crippen LogP contribution in [0.2, 0.25) is 0 Å². The number of carbonyl (C=O) groups is 1. The van der Waals surface area contributed by atoms with E-state index >= 15 is 0 Å². The van der Waals surface area contributed by atoms with Gasteiger partial charge in [0.1, 0.15) is 11.4 Å². The number of anilines is 1. The van der Waals surface area contributed by atoms with E-state index in [0.29, 0.717) is 6.61 Å². The smallest absolute Gasteiger partial charge is 0.330 e. The lowest BCUT2D eigenvalue weighted by molar-refractivity contribution is -0.180. The molecule has 8 nitrogen and oxygen atoms in total. The zero-order chi connectivity index (χ0) is 22.2. The number of ether oxygens (including phenoxy) is 1. The number of nitrogens with one attached hydrogen (secondary N) is 1. The summed E-state index contributed by atoms with van der Waals surface area (Å²) in [5, 5.41) is 0. The Hall–Kier alpha value is -1.93. The van der Waals surface area contributed by atoms with Crippen LogP contribution in [0.3, 0.4) is 0 Å². The van der Waals surface area contributed by atoms with Crippen LogP contribution in [0.1, 0.15) is 88.0 Å².